The van der Waals surface area contributed by atoms with E-state index in [4.69, 9.17) is 0 Å². The minimum atomic E-state index is 0.149. The van der Waals surface area contributed by atoms with E-state index in [1.165, 1.54) is 21.5 Å². The van der Waals surface area contributed by atoms with Crippen molar-refractivity contribution in [2.45, 2.75) is 17.4 Å². The first-order valence-corrected chi connectivity index (χ1v) is 11.6. The summed E-state index contributed by atoms with van der Waals surface area (Å²) in [6.45, 7) is 1.32. The zero-order valence-corrected chi connectivity index (χ0v) is 17.1. The molecule has 0 N–H and O–H groups in total. The number of thioether (sulfide) groups is 1. The van der Waals surface area contributed by atoms with Crippen LogP contribution in [0.4, 0.5) is 0 Å². The fourth-order valence-electron chi connectivity index (χ4n) is 2.54. The van der Waals surface area contributed by atoms with Crippen LogP contribution in [-0.2, 0) is 17.9 Å². The van der Waals surface area contributed by atoms with Crippen LogP contribution in [0.25, 0.3) is 10.2 Å². The van der Waals surface area contributed by atoms with Crippen molar-refractivity contribution in [3.05, 3.63) is 69.0 Å². The highest BCUT2D eigenvalue weighted by Crippen LogP contribution is 2.29. The summed E-state index contributed by atoms with van der Waals surface area (Å²) < 4.78 is 2.11. The van der Waals surface area contributed by atoms with Crippen LogP contribution in [0.2, 0.25) is 0 Å². The summed E-state index contributed by atoms with van der Waals surface area (Å²) in [5.41, 5.74) is 1.00. The average molecular weight is 417 g/mol. The summed E-state index contributed by atoms with van der Waals surface area (Å²) >= 11 is 6.56. The number of benzene rings is 1. The van der Waals surface area contributed by atoms with Crippen LogP contribution < -0.4 is 0 Å². The lowest BCUT2D eigenvalue weighted by Gasteiger charge is -2.21. The first-order chi connectivity index (χ1) is 12.8. The van der Waals surface area contributed by atoms with Gasteiger partial charge in [-0.3, -0.25) is 4.79 Å². The molecule has 0 bridgehead atoms. The summed E-state index contributed by atoms with van der Waals surface area (Å²) in [5.74, 6) is 0.562. The van der Waals surface area contributed by atoms with Crippen LogP contribution in [0.15, 0.2) is 63.6 Å². The van der Waals surface area contributed by atoms with Gasteiger partial charge in [-0.25, -0.2) is 4.98 Å². The molecule has 132 valence electrons. The predicted molar refractivity (Wildman–Crippen MR) is 113 cm³/mol. The van der Waals surface area contributed by atoms with Gasteiger partial charge in [0.05, 0.1) is 29.1 Å². The summed E-state index contributed by atoms with van der Waals surface area (Å²) in [6, 6.07) is 16.3. The van der Waals surface area contributed by atoms with E-state index < -0.39 is 0 Å². The number of para-hydroxylation sites is 1. The van der Waals surface area contributed by atoms with Crippen LogP contribution in [0.1, 0.15) is 9.75 Å². The lowest BCUT2D eigenvalue weighted by molar-refractivity contribution is -0.129. The van der Waals surface area contributed by atoms with Gasteiger partial charge in [0.25, 0.3) is 0 Å². The maximum atomic E-state index is 12.9. The van der Waals surface area contributed by atoms with E-state index >= 15 is 0 Å². The number of fused-ring (bicyclic) bond motifs is 1. The highest BCUT2D eigenvalue weighted by Gasteiger charge is 2.17. The van der Waals surface area contributed by atoms with E-state index in [-0.39, 0.29) is 5.91 Å². The molecule has 3 nitrogen and oxygen atoms in total. The van der Waals surface area contributed by atoms with Gasteiger partial charge in [0.2, 0.25) is 5.91 Å². The molecule has 4 rings (SSSR count). The molecule has 26 heavy (non-hydrogen) atoms. The van der Waals surface area contributed by atoms with Crippen molar-refractivity contribution in [2.75, 3.05) is 5.75 Å². The summed E-state index contributed by atoms with van der Waals surface area (Å²) in [4.78, 5) is 21.8. The standard InChI is InChI=1S/C19H16N2OS4/c22-18(13-25-19-20-16-7-1-2-8-17(16)26-19)21(11-14-5-3-9-23-14)12-15-6-4-10-24-15/h1-10H,11-13H2. The molecule has 3 heterocycles. The van der Waals surface area contributed by atoms with Crippen molar-refractivity contribution in [2.24, 2.45) is 0 Å². The molecule has 0 spiro atoms. The smallest absolute Gasteiger partial charge is 0.233 e. The second kappa shape index (κ2) is 8.35. The van der Waals surface area contributed by atoms with Crippen LogP contribution in [0, 0.1) is 0 Å². The van der Waals surface area contributed by atoms with E-state index in [1.54, 1.807) is 34.0 Å². The first kappa shape index (κ1) is 17.7. The predicted octanol–water partition coefficient (Wildman–Crippen LogP) is 5.74. The Morgan fingerprint density at radius 3 is 2.27 bits per heavy atom. The van der Waals surface area contributed by atoms with Crippen LogP contribution in [0.3, 0.4) is 0 Å². The van der Waals surface area contributed by atoms with Gasteiger partial charge in [-0.2, -0.15) is 0 Å². The molecule has 7 heteroatoms. The summed E-state index contributed by atoms with van der Waals surface area (Å²) in [7, 11) is 0. The molecule has 0 radical (unpaired) electrons. The molecular weight excluding hydrogens is 400 g/mol. The molecule has 4 aromatic rings. The van der Waals surface area contributed by atoms with Crippen molar-refractivity contribution in [1.82, 2.24) is 9.88 Å². The third-order valence-corrected chi connectivity index (χ3v) is 7.69. The van der Waals surface area contributed by atoms with Gasteiger partial charge >= 0.3 is 0 Å². The summed E-state index contributed by atoms with van der Waals surface area (Å²) in [5, 5.41) is 4.11. The Balaban J connectivity index is 1.44. The van der Waals surface area contributed by atoms with Gasteiger partial charge in [0, 0.05) is 9.75 Å². The molecule has 0 saturated heterocycles. The fraction of sp³-hybridized carbons (Fsp3) is 0.158. The number of rotatable bonds is 7. The lowest BCUT2D eigenvalue weighted by Crippen LogP contribution is -2.30. The van der Waals surface area contributed by atoms with Crippen molar-refractivity contribution in [1.29, 1.82) is 0 Å². The third kappa shape index (κ3) is 4.35. The second-order valence-electron chi connectivity index (χ2n) is 5.64. The number of hydrogen-bond acceptors (Lipinski definition) is 6. The van der Waals surface area contributed by atoms with Gasteiger partial charge in [-0.1, -0.05) is 36.0 Å². The van der Waals surface area contributed by atoms with Crippen LogP contribution in [0.5, 0.6) is 0 Å². The SMILES string of the molecule is O=C(CSc1nc2ccccc2s1)N(Cc1cccs1)Cc1cccs1. The molecule has 0 aliphatic rings. The Hall–Kier alpha value is -1.67. The molecule has 0 aliphatic carbocycles. The Morgan fingerprint density at radius 2 is 1.65 bits per heavy atom. The fourth-order valence-corrected chi connectivity index (χ4v) is 5.95. The minimum Gasteiger partial charge on any atom is -0.332 e. The Kier molecular flexibility index (Phi) is 5.69. The third-order valence-electron chi connectivity index (χ3n) is 3.80. The zero-order valence-electron chi connectivity index (χ0n) is 13.8. The molecule has 0 fully saturated rings. The largest absolute Gasteiger partial charge is 0.332 e. The molecule has 3 aromatic heterocycles. The second-order valence-corrected chi connectivity index (χ2v) is 9.96. The highest BCUT2D eigenvalue weighted by molar-refractivity contribution is 8.01. The van der Waals surface area contributed by atoms with Gasteiger partial charge in [0.1, 0.15) is 0 Å². The van der Waals surface area contributed by atoms with E-state index in [2.05, 4.69) is 33.9 Å². The molecule has 0 atom stereocenters. The highest BCUT2D eigenvalue weighted by atomic mass is 32.2. The van der Waals surface area contributed by atoms with E-state index in [9.17, 15) is 4.79 Å². The minimum absolute atomic E-state index is 0.149. The molecule has 1 amide bonds. The molecule has 0 saturated carbocycles. The number of amides is 1. The van der Waals surface area contributed by atoms with E-state index in [1.807, 2.05) is 35.2 Å². The quantitative estimate of drug-likeness (QED) is 0.360. The maximum absolute atomic E-state index is 12.9. The van der Waals surface area contributed by atoms with Gasteiger partial charge in [0.15, 0.2) is 4.34 Å². The average Bonchev–Trinajstić information content (AvgIpc) is 3.40. The molecular formula is C19H16N2OS4. The van der Waals surface area contributed by atoms with Crippen molar-refractivity contribution in [3.8, 4) is 0 Å². The van der Waals surface area contributed by atoms with Crippen molar-refractivity contribution in [3.63, 3.8) is 0 Å². The number of aromatic nitrogens is 1. The van der Waals surface area contributed by atoms with Crippen LogP contribution in [-0.4, -0.2) is 21.5 Å². The van der Waals surface area contributed by atoms with Crippen molar-refractivity contribution < 1.29 is 4.79 Å². The number of hydrogen-bond donors (Lipinski definition) is 0. The molecule has 0 aliphatic heterocycles. The van der Waals surface area contributed by atoms with Gasteiger partial charge in [-0.15, -0.1) is 34.0 Å². The Morgan fingerprint density at radius 1 is 0.962 bits per heavy atom. The number of nitrogens with zero attached hydrogens (tertiary/aromatic N) is 2. The Labute approximate surface area is 168 Å². The maximum Gasteiger partial charge on any atom is 0.233 e. The van der Waals surface area contributed by atoms with Crippen molar-refractivity contribution >= 4 is 61.9 Å². The first-order valence-electron chi connectivity index (χ1n) is 8.09. The zero-order chi connectivity index (χ0) is 17.8. The van der Waals surface area contributed by atoms with Gasteiger partial charge < -0.3 is 4.90 Å². The van der Waals surface area contributed by atoms with E-state index in [0.29, 0.717) is 18.8 Å². The van der Waals surface area contributed by atoms with Gasteiger partial charge in [-0.05, 0) is 35.0 Å². The topological polar surface area (TPSA) is 33.2 Å². The molecule has 1 aromatic carbocycles. The van der Waals surface area contributed by atoms with Crippen LogP contribution >= 0.6 is 45.8 Å². The summed E-state index contributed by atoms with van der Waals surface area (Å²) in [6.07, 6.45) is 0. The number of thiazole rings is 1. The number of carbonyl (C=O) groups excluding carboxylic acids is 1. The normalized spacial score (nSPS) is 11.1. The lowest BCUT2D eigenvalue weighted by atomic mass is 10.3. The van der Waals surface area contributed by atoms with E-state index in [0.717, 1.165) is 14.6 Å². The molecule has 0 unspecified atom stereocenters. The Bertz CT molecular complexity index is 907. The monoisotopic (exact) mass is 416 g/mol. The number of thiophene rings is 2. The number of carbonyl (C=O) groups is 1.